The number of anilines is 2. The third-order valence-electron chi connectivity index (χ3n) is 4.58. The SMILES string of the molecule is Cc1cc(NC(=O)C(=O)N2C[C@H](C)C[CH+][C@H]2c2ccccc2)cnc1N. The minimum Gasteiger partial charge on any atom is -0.383 e. The first-order valence-electron chi connectivity index (χ1n) is 8.68. The van der Waals surface area contributed by atoms with Gasteiger partial charge in [-0.15, -0.1) is 0 Å². The van der Waals surface area contributed by atoms with Crippen LogP contribution in [-0.2, 0) is 9.59 Å². The second-order valence-electron chi connectivity index (χ2n) is 6.77. The maximum atomic E-state index is 12.8. The topological polar surface area (TPSA) is 88.3 Å². The third kappa shape index (κ3) is 3.79. The van der Waals surface area contributed by atoms with E-state index in [0.29, 0.717) is 24.0 Å². The number of hydrogen-bond donors (Lipinski definition) is 2. The molecule has 1 aliphatic heterocycles. The fourth-order valence-electron chi connectivity index (χ4n) is 3.16. The van der Waals surface area contributed by atoms with Crippen LogP contribution in [0.5, 0.6) is 0 Å². The van der Waals surface area contributed by atoms with Crippen molar-refractivity contribution in [1.82, 2.24) is 9.88 Å². The van der Waals surface area contributed by atoms with Crippen LogP contribution in [0.2, 0.25) is 0 Å². The summed E-state index contributed by atoms with van der Waals surface area (Å²) in [6.45, 7) is 4.41. The molecule has 1 fully saturated rings. The van der Waals surface area contributed by atoms with E-state index in [2.05, 4.69) is 23.6 Å². The molecule has 134 valence electrons. The Morgan fingerprint density at radius 2 is 2.04 bits per heavy atom. The highest BCUT2D eigenvalue weighted by Gasteiger charge is 2.39. The van der Waals surface area contributed by atoms with Gasteiger partial charge >= 0.3 is 11.8 Å². The molecule has 1 aliphatic rings. The van der Waals surface area contributed by atoms with Crippen LogP contribution in [0.3, 0.4) is 0 Å². The quantitative estimate of drug-likeness (QED) is 0.643. The maximum Gasteiger partial charge on any atom is 0.316 e. The number of nitrogens with one attached hydrogen (secondary N) is 1. The van der Waals surface area contributed by atoms with E-state index >= 15 is 0 Å². The average Bonchev–Trinajstić information content (AvgIpc) is 2.64. The van der Waals surface area contributed by atoms with Gasteiger partial charge in [-0.2, -0.15) is 0 Å². The number of nitrogen functional groups attached to an aromatic ring is 1. The zero-order chi connectivity index (χ0) is 18.7. The van der Waals surface area contributed by atoms with E-state index in [9.17, 15) is 9.59 Å². The Bertz CT molecular complexity index is 807. The predicted molar refractivity (Wildman–Crippen MR) is 101 cm³/mol. The molecule has 6 heteroatoms. The second-order valence-corrected chi connectivity index (χ2v) is 6.77. The largest absolute Gasteiger partial charge is 0.383 e. The molecule has 2 atom stereocenters. The smallest absolute Gasteiger partial charge is 0.316 e. The second kappa shape index (κ2) is 7.47. The summed E-state index contributed by atoms with van der Waals surface area (Å²) in [5.41, 5.74) is 7.90. The number of hydrogen-bond acceptors (Lipinski definition) is 4. The number of aryl methyl sites for hydroxylation is 1. The zero-order valence-corrected chi connectivity index (χ0v) is 15.0. The van der Waals surface area contributed by atoms with Gasteiger partial charge in [0.15, 0.2) is 6.04 Å². The summed E-state index contributed by atoms with van der Waals surface area (Å²) in [5.74, 6) is -0.499. The van der Waals surface area contributed by atoms with Crippen molar-refractivity contribution in [3.05, 3.63) is 60.1 Å². The van der Waals surface area contributed by atoms with E-state index in [4.69, 9.17) is 5.73 Å². The van der Waals surface area contributed by atoms with E-state index < -0.39 is 11.8 Å². The fraction of sp³-hybridized carbons (Fsp3) is 0.300. The number of likely N-dealkylation sites (tertiary alicyclic amines) is 1. The van der Waals surface area contributed by atoms with Gasteiger partial charge in [0, 0.05) is 18.0 Å². The van der Waals surface area contributed by atoms with Gasteiger partial charge in [0.25, 0.3) is 0 Å². The van der Waals surface area contributed by atoms with Crippen molar-refractivity contribution in [2.24, 2.45) is 5.92 Å². The maximum absolute atomic E-state index is 12.8. The monoisotopic (exact) mass is 351 g/mol. The minimum atomic E-state index is -0.667. The Morgan fingerprint density at radius 3 is 2.73 bits per heavy atom. The number of carbonyl (C=O) groups is 2. The average molecular weight is 351 g/mol. The molecule has 1 aromatic carbocycles. The van der Waals surface area contributed by atoms with Crippen molar-refractivity contribution < 1.29 is 9.59 Å². The standard InChI is InChI=1S/C20H22N4O2/c1-13-8-9-17(15-6-4-3-5-7-15)24(12-13)20(26)19(25)23-16-10-14(2)18(21)22-11-16/h3-7,9-11,13,17H,8,12H2,1-2H3,(H2-,21,22,23,25,26)/p+1/t13-,17+/m1/s1. The number of amides is 2. The van der Waals surface area contributed by atoms with Crippen LogP contribution in [0.4, 0.5) is 11.5 Å². The molecule has 2 amide bonds. The third-order valence-corrected chi connectivity index (χ3v) is 4.58. The molecule has 0 unspecified atom stereocenters. The van der Waals surface area contributed by atoms with Crippen molar-refractivity contribution in [3.8, 4) is 0 Å². The molecule has 6 nitrogen and oxygen atoms in total. The molecule has 2 heterocycles. The van der Waals surface area contributed by atoms with Crippen molar-refractivity contribution in [1.29, 1.82) is 0 Å². The summed E-state index contributed by atoms with van der Waals surface area (Å²) >= 11 is 0. The van der Waals surface area contributed by atoms with E-state index in [0.717, 1.165) is 17.5 Å². The van der Waals surface area contributed by atoms with Crippen molar-refractivity contribution in [2.45, 2.75) is 26.3 Å². The highest BCUT2D eigenvalue weighted by Crippen LogP contribution is 2.32. The van der Waals surface area contributed by atoms with Gasteiger partial charge in [0.05, 0.1) is 18.3 Å². The Labute approximate surface area is 153 Å². The molecule has 0 spiro atoms. The van der Waals surface area contributed by atoms with E-state index in [1.54, 1.807) is 17.9 Å². The molecule has 0 aliphatic carbocycles. The summed E-state index contributed by atoms with van der Waals surface area (Å²) in [6, 6.07) is 11.3. The Kier molecular flexibility index (Phi) is 5.11. The van der Waals surface area contributed by atoms with Crippen molar-refractivity contribution in [3.63, 3.8) is 0 Å². The lowest BCUT2D eigenvalue weighted by atomic mass is 9.90. The lowest BCUT2D eigenvalue weighted by molar-refractivity contribution is -0.145. The fourth-order valence-corrected chi connectivity index (χ4v) is 3.16. The number of benzene rings is 1. The molecule has 26 heavy (non-hydrogen) atoms. The van der Waals surface area contributed by atoms with Crippen LogP contribution in [0.25, 0.3) is 0 Å². The summed E-state index contributed by atoms with van der Waals surface area (Å²) in [7, 11) is 0. The van der Waals surface area contributed by atoms with Crippen molar-refractivity contribution in [2.75, 3.05) is 17.6 Å². The minimum absolute atomic E-state index is 0.197. The van der Waals surface area contributed by atoms with Gasteiger partial charge in [0.2, 0.25) is 0 Å². The first-order valence-corrected chi connectivity index (χ1v) is 8.68. The van der Waals surface area contributed by atoms with E-state index in [1.165, 1.54) is 6.20 Å². The molecule has 1 aromatic heterocycles. The normalized spacial score (nSPS) is 19.5. The van der Waals surface area contributed by atoms with Gasteiger partial charge in [-0.1, -0.05) is 37.3 Å². The Morgan fingerprint density at radius 1 is 1.31 bits per heavy atom. The van der Waals surface area contributed by atoms with Gasteiger partial charge in [-0.25, -0.2) is 4.98 Å². The van der Waals surface area contributed by atoms with Crippen LogP contribution in [0.1, 0.15) is 30.5 Å². The van der Waals surface area contributed by atoms with Crippen molar-refractivity contribution >= 4 is 23.3 Å². The molecule has 3 rings (SSSR count). The lowest BCUT2D eigenvalue weighted by Crippen LogP contribution is -2.46. The number of pyridine rings is 1. The zero-order valence-electron chi connectivity index (χ0n) is 15.0. The first-order chi connectivity index (χ1) is 12.5. The number of aromatic nitrogens is 1. The molecule has 1 saturated heterocycles. The highest BCUT2D eigenvalue weighted by molar-refractivity contribution is 6.39. The van der Waals surface area contributed by atoms with Crippen LogP contribution in [0, 0.1) is 19.3 Å². The molecular formula is C20H23N4O2+. The molecule has 0 bridgehead atoms. The Balaban J connectivity index is 1.78. The van der Waals surface area contributed by atoms with Crippen LogP contribution in [0.15, 0.2) is 42.6 Å². The summed E-state index contributed by atoms with van der Waals surface area (Å²) in [5, 5.41) is 2.63. The van der Waals surface area contributed by atoms with Gasteiger partial charge in [-0.3, -0.25) is 14.5 Å². The summed E-state index contributed by atoms with van der Waals surface area (Å²) in [6.07, 6.45) is 4.46. The van der Waals surface area contributed by atoms with E-state index in [1.807, 2.05) is 30.3 Å². The number of nitrogens with two attached hydrogens (primary N) is 1. The highest BCUT2D eigenvalue weighted by atomic mass is 16.2. The molecular weight excluding hydrogens is 328 g/mol. The number of rotatable bonds is 2. The van der Waals surface area contributed by atoms with E-state index in [-0.39, 0.29) is 6.04 Å². The van der Waals surface area contributed by atoms with Crippen LogP contribution in [-0.4, -0.2) is 28.2 Å². The number of nitrogens with zero attached hydrogens (tertiary/aromatic N) is 2. The Hall–Kier alpha value is -3.02. The molecule has 3 N–H and O–H groups in total. The van der Waals surface area contributed by atoms with Gasteiger partial charge in [0.1, 0.15) is 12.2 Å². The van der Waals surface area contributed by atoms with Gasteiger partial charge < -0.3 is 11.1 Å². The number of carbonyl (C=O) groups excluding carboxylic acids is 2. The molecule has 0 saturated carbocycles. The van der Waals surface area contributed by atoms with Crippen LogP contribution >= 0.6 is 0 Å². The molecule has 2 aromatic rings. The lowest BCUT2D eigenvalue weighted by Gasteiger charge is -2.32. The first kappa shape index (κ1) is 17.8. The summed E-state index contributed by atoms with van der Waals surface area (Å²) in [4.78, 5) is 31.0. The predicted octanol–water partition coefficient (Wildman–Crippen LogP) is 2.72. The van der Waals surface area contributed by atoms with Crippen LogP contribution < -0.4 is 11.1 Å². The number of piperidine rings is 1. The molecule has 0 radical (unpaired) electrons. The van der Waals surface area contributed by atoms with Gasteiger partial charge in [-0.05, 0) is 18.6 Å². The summed E-state index contributed by atoms with van der Waals surface area (Å²) < 4.78 is 0.